The lowest BCUT2D eigenvalue weighted by Gasteiger charge is -2.28. The number of nitrogens with zero attached hydrogens (tertiary/aromatic N) is 2. The van der Waals surface area contributed by atoms with Crippen molar-refractivity contribution in [2.75, 3.05) is 18.4 Å². The molecule has 3 amide bonds. The van der Waals surface area contributed by atoms with Gasteiger partial charge < -0.3 is 15.1 Å². The number of likely N-dealkylation sites (tertiary alicyclic amines) is 1. The van der Waals surface area contributed by atoms with Crippen LogP contribution in [0.25, 0.3) is 0 Å². The van der Waals surface area contributed by atoms with Crippen LogP contribution in [0.15, 0.2) is 60.0 Å². The predicted octanol–water partition coefficient (Wildman–Crippen LogP) is 4.24. The normalized spacial score (nSPS) is 17.6. The minimum absolute atomic E-state index is 0.0115. The van der Waals surface area contributed by atoms with Crippen molar-refractivity contribution < 1.29 is 14.4 Å². The van der Waals surface area contributed by atoms with Gasteiger partial charge in [0.15, 0.2) is 0 Å². The lowest BCUT2D eigenvalue weighted by molar-refractivity contribution is -0.128. The molecule has 1 saturated heterocycles. The summed E-state index contributed by atoms with van der Waals surface area (Å²) in [5.74, 6) is -0.621. The fourth-order valence-corrected chi connectivity index (χ4v) is 5.62. The Morgan fingerprint density at radius 2 is 1.91 bits per heavy atom. The Morgan fingerprint density at radius 1 is 1.09 bits per heavy atom. The Kier molecular flexibility index (Phi) is 6.20. The van der Waals surface area contributed by atoms with E-state index in [1.165, 1.54) is 10.4 Å². The number of nitrogens with one attached hydrogen (secondary N) is 1. The first-order valence-electron chi connectivity index (χ1n) is 11.6. The monoisotopic (exact) mass is 473 g/mol. The van der Waals surface area contributed by atoms with Crippen LogP contribution in [0.1, 0.15) is 38.3 Å². The second kappa shape index (κ2) is 9.43. The summed E-state index contributed by atoms with van der Waals surface area (Å²) in [6, 6.07) is 17.3. The molecule has 34 heavy (non-hydrogen) atoms. The molecule has 6 nitrogen and oxygen atoms in total. The van der Waals surface area contributed by atoms with Crippen molar-refractivity contribution in [2.24, 2.45) is 5.92 Å². The number of amides is 3. The van der Waals surface area contributed by atoms with E-state index in [0.29, 0.717) is 37.4 Å². The van der Waals surface area contributed by atoms with Crippen molar-refractivity contribution in [2.45, 2.75) is 32.9 Å². The smallest absolute Gasteiger partial charge is 0.254 e. The molecule has 0 bridgehead atoms. The van der Waals surface area contributed by atoms with Gasteiger partial charge in [-0.2, -0.15) is 0 Å². The van der Waals surface area contributed by atoms with Crippen molar-refractivity contribution >= 4 is 34.7 Å². The minimum Gasteiger partial charge on any atom is -0.338 e. The predicted molar refractivity (Wildman–Crippen MR) is 133 cm³/mol. The average molecular weight is 474 g/mol. The lowest BCUT2D eigenvalue weighted by atomic mass is 10.0. The molecule has 2 aliphatic heterocycles. The van der Waals surface area contributed by atoms with E-state index in [2.05, 4.69) is 16.8 Å². The van der Waals surface area contributed by atoms with Gasteiger partial charge in [0.25, 0.3) is 5.91 Å². The van der Waals surface area contributed by atoms with E-state index >= 15 is 0 Å². The second-order valence-corrected chi connectivity index (χ2v) is 9.97. The van der Waals surface area contributed by atoms with Crippen LogP contribution in [-0.2, 0) is 29.1 Å². The topological polar surface area (TPSA) is 69.7 Å². The highest BCUT2D eigenvalue weighted by atomic mass is 32.1. The number of rotatable bonds is 5. The summed E-state index contributed by atoms with van der Waals surface area (Å²) >= 11 is 1.75. The zero-order valence-corrected chi connectivity index (χ0v) is 19.9. The van der Waals surface area contributed by atoms with Gasteiger partial charge in [0.1, 0.15) is 0 Å². The lowest BCUT2D eigenvalue weighted by Crippen LogP contribution is -2.35. The van der Waals surface area contributed by atoms with Gasteiger partial charge in [-0.1, -0.05) is 36.4 Å². The molecule has 1 aromatic heterocycles. The Bertz CT molecular complexity index is 1240. The van der Waals surface area contributed by atoms with Crippen LogP contribution < -0.4 is 5.32 Å². The molecular weight excluding hydrogens is 446 g/mol. The molecule has 0 aliphatic carbocycles. The summed E-state index contributed by atoms with van der Waals surface area (Å²) in [5.41, 5.74) is 4.24. The summed E-state index contributed by atoms with van der Waals surface area (Å²) in [6.07, 6.45) is 1.08. The molecular formula is C27H27N3O3S. The van der Waals surface area contributed by atoms with E-state index in [9.17, 15) is 14.4 Å². The highest BCUT2D eigenvalue weighted by molar-refractivity contribution is 7.10. The largest absolute Gasteiger partial charge is 0.338 e. The molecule has 0 radical (unpaired) electrons. The maximum absolute atomic E-state index is 13.3. The van der Waals surface area contributed by atoms with Gasteiger partial charge in [-0.05, 0) is 53.6 Å². The zero-order chi connectivity index (χ0) is 23.7. The van der Waals surface area contributed by atoms with Crippen LogP contribution in [0.2, 0.25) is 0 Å². The number of hydrogen-bond acceptors (Lipinski definition) is 4. The van der Waals surface area contributed by atoms with Gasteiger partial charge in [0, 0.05) is 48.7 Å². The van der Waals surface area contributed by atoms with Crippen LogP contribution in [-0.4, -0.2) is 40.6 Å². The molecule has 2 aromatic carbocycles. The van der Waals surface area contributed by atoms with E-state index in [-0.39, 0.29) is 24.1 Å². The van der Waals surface area contributed by atoms with Crippen LogP contribution in [0.4, 0.5) is 5.69 Å². The van der Waals surface area contributed by atoms with Crippen molar-refractivity contribution in [3.05, 3.63) is 87.1 Å². The SMILES string of the molecule is Cc1c(NC(=O)C2CC(=O)N(Cc3ccccc3)C2)cccc1C(=O)N1CCc2sccc2C1. The minimum atomic E-state index is -0.408. The number of hydrogen-bond donors (Lipinski definition) is 1. The van der Waals surface area contributed by atoms with Crippen LogP contribution in [0, 0.1) is 12.8 Å². The van der Waals surface area contributed by atoms with E-state index in [1.54, 1.807) is 22.3 Å². The van der Waals surface area contributed by atoms with Gasteiger partial charge in [-0.15, -0.1) is 11.3 Å². The molecule has 3 heterocycles. The van der Waals surface area contributed by atoms with Crippen molar-refractivity contribution in [3.8, 4) is 0 Å². The van der Waals surface area contributed by atoms with E-state index in [0.717, 1.165) is 17.5 Å². The third-order valence-corrected chi connectivity index (χ3v) is 7.74. The first-order chi connectivity index (χ1) is 16.5. The summed E-state index contributed by atoms with van der Waals surface area (Å²) < 4.78 is 0. The molecule has 174 valence electrons. The molecule has 7 heteroatoms. The van der Waals surface area contributed by atoms with Gasteiger partial charge >= 0.3 is 0 Å². The van der Waals surface area contributed by atoms with Gasteiger partial charge in [-0.25, -0.2) is 0 Å². The third kappa shape index (κ3) is 4.48. The van der Waals surface area contributed by atoms with E-state index < -0.39 is 5.92 Å². The summed E-state index contributed by atoms with van der Waals surface area (Å²) in [6.45, 7) is 4.09. The fourth-order valence-electron chi connectivity index (χ4n) is 4.73. The molecule has 2 aliphatic rings. The van der Waals surface area contributed by atoms with E-state index in [4.69, 9.17) is 0 Å². The van der Waals surface area contributed by atoms with Crippen molar-refractivity contribution in [1.82, 2.24) is 9.80 Å². The molecule has 0 spiro atoms. The standard InChI is InChI=1S/C27H27N3O3S/c1-18-22(27(33)29-12-10-24-20(16-29)11-13-34-24)8-5-9-23(18)28-26(32)21-14-25(31)30(17-21)15-19-6-3-2-4-7-19/h2-9,11,13,21H,10,12,14-17H2,1H3,(H,28,32). The van der Waals surface area contributed by atoms with Gasteiger partial charge in [0.05, 0.1) is 5.92 Å². The highest BCUT2D eigenvalue weighted by Crippen LogP contribution is 2.28. The Hall–Kier alpha value is -3.45. The summed E-state index contributed by atoms with van der Waals surface area (Å²) in [7, 11) is 0. The fraction of sp³-hybridized carbons (Fsp3) is 0.296. The average Bonchev–Trinajstić information content (AvgIpc) is 3.46. The molecule has 5 rings (SSSR count). The first kappa shape index (κ1) is 22.3. The van der Waals surface area contributed by atoms with Gasteiger partial charge in [-0.3, -0.25) is 14.4 Å². The maximum atomic E-state index is 13.3. The number of carbonyl (C=O) groups is 3. The number of carbonyl (C=O) groups excluding carboxylic acids is 3. The van der Waals surface area contributed by atoms with Crippen LogP contribution >= 0.6 is 11.3 Å². The molecule has 1 unspecified atom stereocenters. The van der Waals surface area contributed by atoms with Gasteiger partial charge in [0.2, 0.25) is 11.8 Å². The van der Waals surface area contributed by atoms with Crippen LogP contribution in [0.5, 0.6) is 0 Å². The molecule has 0 saturated carbocycles. The summed E-state index contributed by atoms with van der Waals surface area (Å²) in [4.78, 5) is 43.8. The highest BCUT2D eigenvalue weighted by Gasteiger charge is 2.34. The van der Waals surface area contributed by atoms with E-state index in [1.807, 2.05) is 54.3 Å². The molecule has 1 atom stereocenters. The quantitative estimate of drug-likeness (QED) is 0.603. The van der Waals surface area contributed by atoms with Crippen molar-refractivity contribution in [3.63, 3.8) is 0 Å². The van der Waals surface area contributed by atoms with Crippen molar-refractivity contribution in [1.29, 1.82) is 0 Å². The zero-order valence-electron chi connectivity index (χ0n) is 19.1. The second-order valence-electron chi connectivity index (χ2n) is 8.97. The molecule has 1 N–H and O–H groups in total. The number of thiophene rings is 1. The summed E-state index contributed by atoms with van der Waals surface area (Å²) in [5, 5.41) is 5.06. The first-order valence-corrected chi connectivity index (χ1v) is 12.4. The molecule has 3 aromatic rings. The number of benzene rings is 2. The third-order valence-electron chi connectivity index (χ3n) is 6.72. The maximum Gasteiger partial charge on any atom is 0.254 e. The Labute approximate surface area is 203 Å². The number of fused-ring (bicyclic) bond motifs is 1. The Morgan fingerprint density at radius 3 is 2.74 bits per heavy atom. The van der Waals surface area contributed by atoms with Crippen LogP contribution in [0.3, 0.4) is 0 Å². The molecule has 1 fully saturated rings. The Balaban J connectivity index is 1.25. The number of anilines is 1.